The summed E-state index contributed by atoms with van der Waals surface area (Å²) in [5.74, 6) is -0.0613. The Balaban J connectivity index is 1.54. The van der Waals surface area contributed by atoms with Gasteiger partial charge in [-0.05, 0) is 29.9 Å². The Labute approximate surface area is 156 Å². The van der Waals surface area contributed by atoms with E-state index in [2.05, 4.69) is 49.9 Å². The molecule has 1 atom stereocenters. The van der Waals surface area contributed by atoms with Crippen molar-refractivity contribution < 1.29 is 14.3 Å². The third-order valence-corrected chi connectivity index (χ3v) is 5.44. The lowest BCUT2D eigenvalue weighted by atomic mass is 9.85. The fraction of sp³-hybridized carbons (Fsp3) is 0.619. The van der Waals surface area contributed by atoms with E-state index in [0.29, 0.717) is 19.4 Å². The predicted molar refractivity (Wildman–Crippen MR) is 102 cm³/mol. The van der Waals surface area contributed by atoms with Gasteiger partial charge in [0, 0.05) is 38.3 Å². The average molecular weight is 358 g/mol. The van der Waals surface area contributed by atoms with E-state index in [1.54, 1.807) is 0 Å². The SMILES string of the molecule is CC(C)(C)c1ccccc1N1CCN(C(=O)CCC2CCOC2=O)CC1. The van der Waals surface area contributed by atoms with Gasteiger partial charge in [0.2, 0.25) is 5.91 Å². The Morgan fingerprint density at radius 1 is 1.15 bits per heavy atom. The highest BCUT2D eigenvalue weighted by molar-refractivity contribution is 5.79. The molecule has 0 radical (unpaired) electrons. The summed E-state index contributed by atoms with van der Waals surface area (Å²) < 4.78 is 4.97. The van der Waals surface area contributed by atoms with E-state index in [9.17, 15) is 9.59 Å². The Hall–Kier alpha value is -2.04. The number of benzene rings is 1. The number of hydrogen-bond acceptors (Lipinski definition) is 4. The molecule has 5 heteroatoms. The number of cyclic esters (lactones) is 1. The highest BCUT2D eigenvalue weighted by atomic mass is 16.5. The summed E-state index contributed by atoms with van der Waals surface area (Å²) in [6.45, 7) is 10.4. The van der Waals surface area contributed by atoms with Crippen LogP contribution in [-0.2, 0) is 19.7 Å². The first-order valence-electron chi connectivity index (χ1n) is 9.65. The monoisotopic (exact) mass is 358 g/mol. The van der Waals surface area contributed by atoms with Crippen LogP contribution >= 0.6 is 0 Å². The number of carbonyl (C=O) groups is 2. The van der Waals surface area contributed by atoms with Crippen LogP contribution in [0.25, 0.3) is 0 Å². The molecule has 5 nitrogen and oxygen atoms in total. The van der Waals surface area contributed by atoms with Crippen LogP contribution in [0.15, 0.2) is 24.3 Å². The number of rotatable bonds is 4. The van der Waals surface area contributed by atoms with E-state index in [1.165, 1.54) is 11.3 Å². The molecule has 0 aromatic heterocycles. The van der Waals surface area contributed by atoms with Gasteiger partial charge in [0.05, 0.1) is 12.5 Å². The van der Waals surface area contributed by atoms with Gasteiger partial charge in [0.25, 0.3) is 0 Å². The second-order valence-electron chi connectivity index (χ2n) is 8.33. The van der Waals surface area contributed by atoms with Gasteiger partial charge in [0.1, 0.15) is 0 Å². The van der Waals surface area contributed by atoms with Gasteiger partial charge >= 0.3 is 5.97 Å². The lowest BCUT2D eigenvalue weighted by Gasteiger charge is -2.38. The van der Waals surface area contributed by atoms with E-state index >= 15 is 0 Å². The van der Waals surface area contributed by atoms with Crippen LogP contribution in [0, 0.1) is 5.92 Å². The molecule has 0 N–H and O–H groups in total. The maximum absolute atomic E-state index is 12.5. The van der Waals surface area contributed by atoms with Gasteiger partial charge in [0.15, 0.2) is 0 Å². The Morgan fingerprint density at radius 3 is 2.46 bits per heavy atom. The Morgan fingerprint density at radius 2 is 1.85 bits per heavy atom. The zero-order valence-electron chi connectivity index (χ0n) is 16.2. The minimum Gasteiger partial charge on any atom is -0.465 e. The third-order valence-electron chi connectivity index (χ3n) is 5.44. The standard InChI is InChI=1S/C21H30N2O3/c1-21(2,3)17-6-4-5-7-18(17)22-11-13-23(14-12-22)19(24)9-8-16-10-15-26-20(16)25/h4-7,16H,8-15H2,1-3H3. The zero-order valence-corrected chi connectivity index (χ0v) is 16.2. The molecule has 2 aliphatic rings. The lowest BCUT2D eigenvalue weighted by Crippen LogP contribution is -2.49. The molecule has 0 bridgehead atoms. The number of piperazine rings is 1. The fourth-order valence-electron chi connectivity index (χ4n) is 3.84. The molecular formula is C21H30N2O3. The van der Waals surface area contributed by atoms with E-state index in [0.717, 1.165) is 32.6 Å². The van der Waals surface area contributed by atoms with Crippen molar-refractivity contribution in [2.24, 2.45) is 5.92 Å². The summed E-state index contributed by atoms with van der Waals surface area (Å²) in [4.78, 5) is 28.3. The molecule has 0 saturated carbocycles. The summed E-state index contributed by atoms with van der Waals surface area (Å²) in [6, 6.07) is 8.57. The minimum absolute atomic E-state index is 0.0844. The molecule has 2 heterocycles. The number of hydrogen-bond donors (Lipinski definition) is 0. The summed E-state index contributed by atoms with van der Waals surface area (Å²) in [6.07, 6.45) is 1.81. The van der Waals surface area contributed by atoms with E-state index < -0.39 is 0 Å². The Kier molecular flexibility index (Phi) is 5.54. The Bertz CT molecular complexity index is 657. The van der Waals surface area contributed by atoms with Gasteiger partial charge < -0.3 is 14.5 Å². The normalized spacial score (nSPS) is 21.0. The minimum atomic E-state index is -0.138. The van der Waals surface area contributed by atoms with Crippen LogP contribution in [-0.4, -0.2) is 49.6 Å². The molecule has 1 unspecified atom stereocenters. The maximum Gasteiger partial charge on any atom is 0.309 e. The first-order chi connectivity index (χ1) is 12.4. The van der Waals surface area contributed by atoms with Crippen molar-refractivity contribution >= 4 is 17.6 Å². The van der Waals surface area contributed by atoms with Gasteiger partial charge in [-0.1, -0.05) is 39.0 Å². The van der Waals surface area contributed by atoms with Crippen molar-refractivity contribution in [1.29, 1.82) is 0 Å². The zero-order chi connectivity index (χ0) is 18.7. The van der Waals surface area contributed by atoms with E-state index in [-0.39, 0.29) is 23.2 Å². The molecule has 3 rings (SSSR count). The maximum atomic E-state index is 12.5. The number of nitrogens with zero attached hydrogens (tertiary/aromatic N) is 2. The number of ether oxygens (including phenoxy) is 1. The molecule has 0 spiro atoms. The fourth-order valence-corrected chi connectivity index (χ4v) is 3.84. The highest BCUT2D eigenvalue weighted by Crippen LogP contribution is 2.32. The van der Waals surface area contributed by atoms with Crippen LogP contribution < -0.4 is 4.90 Å². The van der Waals surface area contributed by atoms with Crippen molar-refractivity contribution in [3.63, 3.8) is 0 Å². The molecule has 2 fully saturated rings. The summed E-state index contributed by atoms with van der Waals surface area (Å²) in [5, 5.41) is 0. The van der Waals surface area contributed by atoms with Crippen LogP contribution in [0.3, 0.4) is 0 Å². The molecular weight excluding hydrogens is 328 g/mol. The summed E-state index contributed by atoms with van der Waals surface area (Å²) in [7, 11) is 0. The summed E-state index contributed by atoms with van der Waals surface area (Å²) >= 11 is 0. The van der Waals surface area contributed by atoms with Gasteiger partial charge in [-0.3, -0.25) is 9.59 Å². The number of para-hydroxylation sites is 1. The van der Waals surface area contributed by atoms with E-state index in [1.807, 2.05) is 4.90 Å². The number of anilines is 1. The molecule has 1 amide bonds. The first kappa shape index (κ1) is 18.7. The first-order valence-corrected chi connectivity index (χ1v) is 9.65. The van der Waals surface area contributed by atoms with Gasteiger partial charge in [-0.25, -0.2) is 0 Å². The molecule has 1 aromatic rings. The lowest BCUT2D eigenvalue weighted by molar-refractivity contribution is -0.141. The molecule has 26 heavy (non-hydrogen) atoms. The van der Waals surface area contributed by atoms with Gasteiger partial charge in [-0.2, -0.15) is 0 Å². The number of esters is 1. The average Bonchev–Trinajstić information content (AvgIpc) is 3.04. The van der Waals surface area contributed by atoms with Crippen molar-refractivity contribution in [3.8, 4) is 0 Å². The second-order valence-corrected chi connectivity index (χ2v) is 8.33. The van der Waals surface area contributed by atoms with Crippen molar-refractivity contribution in [2.45, 2.75) is 45.4 Å². The molecule has 2 aliphatic heterocycles. The quantitative estimate of drug-likeness (QED) is 0.777. The van der Waals surface area contributed by atoms with E-state index in [4.69, 9.17) is 4.74 Å². The van der Waals surface area contributed by atoms with Crippen molar-refractivity contribution in [3.05, 3.63) is 29.8 Å². The number of carbonyl (C=O) groups excluding carboxylic acids is 2. The van der Waals surface area contributed by atoms with Crippen LogP contribution in [0.5, 0.6) is 0 Å². The van der Waals surface area contributed by atoms with Gasteiger partial charge in [-0.15, -0.1) is 0 Å². The largest absolute Gasteiger partial charge is 0.465 e. The topological polar surface area (TPSA) is 49.9 Å². The van der Waals surface area contributed by atoms with Crippen LogP contribution in [0.1, 0.15) is 45.6 Å². The second kappa shape index (κ2) is 7.68. The highest BCUT2D eigenvalue weighted by Gasteiger charge is 2.29. The summed E-state index contributed by atoms with van der Waals surface area (Å²) in [5.41, 5.74) is 2.72. The van der Waals surface area contributed by atoms with Crippen molar-refractivity contribution in [2.75, 3.05) is 37.7 Å². The molecule has 2 saturated heterocycles. The molecule has 142 valence electrons. The number of amides is 1. The van der Waals surface area contributed by atoms with Crippen LogP contribution in [0.2, 0.25) is 0 Å². The molecule has 1 aromatic carbocycles. The van der Waals surface area contributed by atoms with Crippen molar-refractivity contribution in [1.82, 2.24) is 4.90 Å². The third kappa shape index (κ3) is 4.19. The van der Waals surface area contributed by atoms with Crippen LogP contribution in [0.4, 0.5) is 5.69 Å². The smallest absolute Gasteiger partial charge is 0.309 e. The molecule has 0 aliphatic carbocycles. The predicted octanol–water partition coefficient (Wildman–Crippen LogP) is 2.98.